The van der Waals surface area contributed by atoms with Gasteiger partial charge in [-0.1, -0.05) is 6.07 Å². The summed E-state index contributed by atoms with van der Waals surface area (Å²) >= 11 is 0. The lowest BCUT2D eigenvalue weighted by Gasteiger charge is -2.35. The van der Waals surface area contributed by atoms with Gasteiger partial charge in [-0.2, -0.15) is 13.2 Å². The van der Waals surface area contributed by atoms with Gasteiger partial charge in [0, 0.05) is 38.1 Å². The van der Waals surface area contributed by atoms with E-state index in [0.717, 1.165) is 5.39 Å². The van der Waals surface area contributed by atoms with Gasteiger partial charge in [0.15, 0.2) is 0 Å². The maximum atomic E-state index is 13.4. The fourth-order valence-electron chi connectivity index (χ4n) is 3.08. The molecule has 27 heavy (non-hydrogen) atoms. The minimum Gasteiger partial charge on any atom is -0.497 e. The molecule has 1 unspecified atom stereocenters. The molecule has 146 valence electrons. The number of methoxy groups -OCH3 is 1. The number of aromatic nitrogens is 1. The Morgan fingerprint density at radius 1 is 1.30 bits per heavy atom. The number of fused-ring (bicyclic) bond motifs is 1. The summed E-state index contributed by atoms with van der Waals surface area (Å²) < 4.78 is 45.3. The number of benzene rings is 1. The predicted octanol–water partition coefficient (Wildman–Crippen LogP) is 1.81. The van der Waals surface area contributed by atoms with Crippen LogP contribution in [0.5, 0.6) is 5.75 Å². The monoisotopic (exact) mass is 382 g/mol. The first kappa shape index (κ1) is 19.4. The summed E-state index contributed by atoms with van der Waals surface area (Å²) in [4.78, 5) is 17.9. The van der Waals surface area contributed by atoms with Gasteiger partial charge in [-0.25, -0.2) is 4.98 Å². The van der Waals surface area contributed by atoms with E-state index in [9.17, 15) is 18.0 Å². The van der Waals surface area contributed by atoms with E-state index < -0.39 is 24.7 Å². The van der Waals surface area contributed by atoms with E-state index in [4.69, 9.17) is 4.74 Å². The second kappa shape index (κ2) is 8.10. The molecule has 3 rings (SSSR count). The summed E-state index contributed by atoms with van der Waals surface area (Å²) in [5.74, 6) is 0.0302. The van der Waals surface area contributed by atoms with Crippen LogP contribution in [-0.2, 0) is 0 Å². The van der Waals surface area contributed by atoms with Crippen LogP contribution in [0.15, 0.2) is 30.3 Å². The molecule has 1 fully saturated rings. The summed E-state index contributed by atoms with van der Waals surface area (Å²) in [7, 11) is 1.55. The number of pyridine rings is 1. The lowest BCUT2D eigenvalue weighted by molar-refractivity contribution is -0.183. The van der Waals surface area contributed by atoms with Crippen molar-refractivity contribution in [1.29, 1.82) is 0 Å². The number of nitrogens with zero attached hydrogens (tertiary/aromatic N) is 2. The molecule has 1 saturated heterocycles. The molecule has 0 bridgehead atoms. The molecule has 0 spiro atoms. The number of piperazine rings is 1. The number of carbonyl (C=O) groups excluding carboxylic acids is 1. The largest absolute Gasteiger partial charge is 0.497 e. The van der Waals surface area contributed by atoms with E-state index in [1.807, 2.05) is 0 Å². The SMILES string of the molecule is COc1ccc2nc(C(=O)NCC(N3CCNCC3)C(F)(F)F)ccc2c1. The molecular weight excluding hydrogens is 361 g/mol. The van der Waals surface area contributed by atoms with Gasteiger partial charge in [0.05, 0.1) is 12.6 Å². The lowest BCUT2D eigenvalue weighted by atomic mass is 10.1. The highest BCUT2D eigenvalue weighted by Crippen LogP contribution is 2.25. The van der Waals surface area contributed by atoms with Gasteiger partial charge in [0.25, 0.3) is 5.91 Å². The molecule has 2 heterocycles. The molecule has 2 aromatic rings. The Kier molecular flexibility index (Phi) is 5.81. The van der Waals surface area contributed by atoms with Gasteiger partial charge in [0.2, 0.25) is 0 Å². The number of alkyl halides is 3. The highest BCUT2D eigenvalue weighted by atomic mass is 19.4. The fraction of sp³-hybridized carbons (Fsp3) is 0.444. The molecule has 1 aliphatic rings. The zero-order chi connectivity index (χ0) is 19.4. The fourth-order valence-corrected chi connectivity index (χ4v) is 3.08. The molecule has 1 aromatic heterocycles. The van der Waals surface area contributed by atoms with Crippen LogP contribution in [-0.4, -0.2) is 67.8 Å². The van der Waals surface area contributed by atoms with Crippen molar-refractivity contribution in [1.82, 2.24) is 20.5 Å². The number of hydrogen-bond acceptors (Lipinski definition) is 5. The summed E-state index contributed by atoms with van der Waals surface area (Å²) in [5.41, 5.74) is 0.645. The summed E-state index contributed by atoms with van der Waals surface area (Å²) in [5, 5.41) is 6.18. The van der Waals surface area contributed by atoms with Crippen molar-refractivity contribution in [2.24, 2.45) is 0 Å². The Morgan fingerprint density at radius 3 is 2.70 bits per heavy atom. The Bertz CT molecular complexity index is 807. The third-order valence-electron chi connectivity index (χ3n) is 4.56. The van der Waals surface area contributed by atoms with Crippen LogP contribution in [0.3, 0.4) is 0 Å². The van der Waals surface area contributed by atoms with Gasteiger partial charge in [-0.3, -0.25) is 9.69 Å². The quantitative estimate of drug-likeness (QED) is 0.826. The third-order valence-corrected chi connectivity index (χ3v) is 4.56. The van der Waals surface area contributed by atoms with Crippen LogP contribution in [0.25, 0.3) is 10.9 Å². The van der Waals surface area contributed by atoms with E-state index in [1.165, 1.54) is 11.0 Å². The van der Waals surface area contributed by atoms with E-state index in [0.29, 0.717) is 24.4 Å². The lowest BCUT2D eigenvalue weighted by Crippen LogP contribution is -2.57. The molecule has 0 radical (unpaired) electrons. The van der Waals surface area contributed by atoms with Crippen LogP contribution in [0.1, 0.15) is 10.5 Å². The van der Waals surface area contributed by atoms with Gasteiger partial charge in [-0.05, 0) is 24.3 Å². The summed E-state index contributed by atoms with van der Waals surface area (Å²) in [6.45, 7) is 1.06. The van der Waals surface area contributed by atoms with Crippen molar-refractivity contribution in [3.8, 4) is 5.75 Å². The Morgan fingerprint density at radius 2 is 2.04 bits per heavy atom. The van der Waals surface area contributed by atoms with Crippen molar-refractivity contribution in [3.05, 3.63) is 36.0 Å². The summed E-state index contributed by atoms with van der Waals surface area (Å²) in [6.07, 6.45) is -4.42. The van der Waals surface area contributed by atoms with Crippen molar-refractivity contribution in [2.75, 3.05) is 39.8 Å². The highest BCUT2D eigenvalue weighted by Gasteiger charge is 2.43. The average molecular weight is 382 g/mol. The molecular formula is C18H21F3N4O2. The normalized spacial score (nSPS) is 16.9. The predicted molar refractivity (Wildman–Crippen MR) is 94.9 cm³/mol. The maximum Gasteiger partial charge on any atom is 0.405 e. The van der Waals surface area contributed by atoms with E-state index in [2.05, 4.69) is 15.6 Å². The maximum absolute atomic E-state index is 13.4. The molecule has 2 N–H and O–H groups in total. The molecule has 1 aliphatic heterocycles. The van der Waals surface area contributed by atoms with Gasteiger partial charge in [0.1, 0.15) is 17.5 Å². The number of nitrogens with one attached hydrogen (secondary N) is 2. The zero-order valence-electron chi connectivity index (χ0n) is 14.8. The molecule has 6 nitrogen and oxygen atoms in total. The Labute approximate surface area is 154 Å². The second-order valence-electron chi connectivity index (χ2n) is 6.31. The molecule has 9 heteroatoms. The van der Waals surface area contributed by atoms with Crippen LogP contribution in [0.2, 0.25) is 0 Å². The van der Waals surface area contributed by atoms with E-state index in [-0.39, 0.29) is 18.8 Å². The first-order chi connectivity index (χ1) is 12.9. The van der Waals surface area contributed by atoms with Crippen LogP contribution in [0, 0.1) is 0 Å². The number of hydrogen-bond donors (Lipinski definition) is 2. The minimum absolute atomic E-state index is 0.0777. The number of amides is 1. The van der Waals surface area contributed by atoms with Crippen molar-refractivity contribution >= 4 is 16.8 Å². The average Bonchev–Trinajstić information content (AvgIpc) is 2.67. The van der Waals surface area contributed by atoms with Crippen molar-refractivity contribution in [2.45, 2.75) is 12.2 Å². The third kappa shape index (κ3) is 4.67. The van der Waals surface area contributed by atoms with Gasteiger partial charge < -0.3 is 15.4 Å². The smallest absolute Gasteiger partial charge is 0.405 e. The molecule has 1 aromatic carbocycles. The van der Waals surface area contributed by atoms with Crippen LogP contribution < -0.4 is 15.4 Å². The number of carbonyl (C=O) groups is 1. The number of ether oxygens (including phenoxy) is 1. The standard InChI is InChI=1S/C18H21F3N4O2/c1-27-13-3-5-14-12(10-13)2-4-15(24-14)17(26)23-11-16(18(19,20)21)25-8-6-22-7-9-25/h2-5,10,16,22H,6-9,11H2,1H3,(H,23,26). The van der Waals surface area contributed by atoms with Gasteiger partial charge >= 0.3 is 6.18 Å². The zero-order valence-corrected chi connectivity index (χ0v) is 14.8. The Balaban J connectivity index is 1.70. The van der Waals surface area contributed by atoms with Gasteiger partial charge in [-0.15, -0.1) is 0 Å². The van der Waals surface area contributed by atoms with E-state index >= 15 is 0 Å². The van der Waals surface area contributed by atoms with Crippen LogP contribution in [0.4, 0.5) is 13.2 Å². The second-order valence-corrected chi connectivity index (χ2v) is 6.31. The van der Waals surface area contributed by atoms with Crippen LogP contribution >= 0.6 is 0 Å². The first-order valence-corrected chi connectivity index (χ1v) is 8.63. The Hall–Kier alpha value is -2.39. The molecule has 1 atom stereocenters. The van der Waals surface area contributed by atoms with Crippen molar-refractivity contribution in [3.63, 3.8) is 0 Å². The molecule has 0 saturated carbocycles. The molecule has 0 aliphatic carbocycles. The van der Waals surface area contributed by atoms with E-state index in [1.54, 1.807) is 31.4 Å². The molecule has 1 amide bonds. The first-order valence-electron chi connectivity index (χ1n) is 8.63. The number of halogens is 3. The minimum atomic E-state index is -4.42. The number of rotatable bonds is 5. The highest BCUT2D eigenvalue weighted by molar-refractivity contribution is 5.95. The summed E-state index contributed by atoms with van der Waals surface area (Å²) in [6, 6.07) is 6.65. The topological polar surface area (TPSA) is 66.5 Å². The van der Waals surface area contributed by atoms with Crippen molar-refractivity contribution < 1.29 is 22.7 Å².